The molecule has 1 fully saturated rings. The Morgan fingerprint density at radius 1 is 1.09 bits per heavy atom. The summed E-state index contributed by atoms with van der Waals surface area (Å²) in [6, 6.07) is 14.1. The molecule has 0 radical (unpaired) electrons. The van der Waals surface area contributed by atoms with E-state index in [0.29, 0.717) is 35.2 Å². The highest BCUT2D eigenvalue weighted by Crippen LogP contribution is 2.29. The fourth-order valence-electron chi connectivity index (χ4n) is 4.00. The fourth-order valence-corrected chi connectivity index (χ4v) is 4.18. The molecule has 1 saturated heterocycles. The van der Waals surface area contributed by atoms with Gasteiger partial charge in [0.15, 0.2) is 0 Å². The number of benzene rings is 2. The second-order valence-corrected chi connectivity index (χ2v) is 9.78. The fraction of sp³-hybridized carbons (Fsp3) is 0.417. The van der Waals surface area contributed by atoms with E-state index in [9.17, 15) is 14.8 Å². The van der Waals surface area contributed by atoms with Crippen LogP contribution in [-0.2, 0) is 9.59 Å². The number of nitrogens with one attached hydrogen (secondary N) is 2. The van der Waals surface area contributed by atoms with E-state index in [-0.39, 0.29) is 11.3 Å². The van der Waals surface area contributed by atoms with Crippen molar-refractivity contribution in [1.82, 2.24) is 10.4 Å². The molecule has 32 heavy (non-hydrogen) atoms. The number of hydrogen-bond donors (Lipinski definition) is 3. The van der Waals surface area contributed by atoms with Crippen molar-refractivity contribution in [3.05, 3.63) is 53.6 Å². The van der Waals surface area contributed by atoms with Crippen LogP contribution in [0.25, 0.3) is 0 Å². The standard InChI is InChI=1S/C24H30ClN3O4/c1-24(2,3)15-28-12-11-20(21(14-28)23(30)27-31)22(29)26-17-7-9-18(10-8-17)32-19-6-4-5-16(25)13-19/h4-10,13,20-21,31H,11-12,14-15H2,1-3H3,(H,26,29)(H,27,30)/t20?,21-/m0/s1. The normalized spacial score (nSPS) is 19.3. The number of halogens is 1. The summed E-state index contributed by atoms with van der Waals surface area (Å²) in [4.78, 5) is 27.4. The zero-order valence-electron chi connectivity index (χ0n) is 18.6. The van der Waals surface area contributed by atoms with E-state index in [1.54, 1.807) is 54.0 Å². The maximum Gasteiger partial charge on any atom is 0.248 e. The number of anilines is 1. The molecule has 1 heterocycles. The van der Waals surface area contributed by atoms with Crippen LogP contribution in [0.4, 0.5) is 5.69 Å². The SMILES string of the molecule is CC(C)(C)CN1CCC(C(=O)Nc2ccc(Oc3cccc(Cl)c3)cc2)[C@@H](C(=O)NO)C1. The topological polar surface area (TPSA) is 90.9 Å². The van der Waals surface area contributed by atoms with Gasteiger partial charge in [-0.15, -0.1) is 0 Å². The van der Waals surface area contributed by atoms with Crippen molar-refractivity contribution in [2.75, 3.05) is 25.0 Å². The first kappa shape index (κ1) is 24.0. The third-order valence-electron chi connectivity index (χ3n) is 5.33. The monoisotopic (exact) mass is 459 g/mol. The zero-order chi connectivity index (χ0) is 23.3. The van der Waals surface area contributed by atoms with Gasteiger partial charge in [0, 0.05) is 23.8 Å². The van der Waals surface area contributed by atoms with Crippen molar-refractivity contribution < 1.29 is 19.5 Å². The zero-order valence-corrected chi connectivity index (χ0v) is 19.4. The van der Waals surface area contributed by atoms with Gasteiger partial charge >= 0.3 is 0 Å². The Labute approximate surface area is 193 Å². The van der Waals surface area contributed by atoms with Gasteiger partial charge in [0.05, 0.1) is 11.8 Å². The van der Waals surface area contributed by atoms with Crippen molar-refractivity contribution in [3.8, 4) is 11.5 Å². The van der Waals surface area contributed by atoms with Gasteiger partial charge in [0.1, 0.15) is 11.5 Å². The summed E-state index contributed by atoms with van der Waals surface area (Å²) in [5, 5.41) is 12.7. The van der Waals surface area contributed by atoms with Gasteiger partial charge in [-0.25, -0.2) is 5.48 Å². The Hall–Kier alpha value is -2.61. The van der Waals surface area contributed by atoms with Crippen LogP contribution >= 0.6 is 11.6 Å². The van der Waals surface area contributed by atoms with E-state index < -0.39 is 17.7 Å². The largest absolute Gasteiger partial charge is 0.457 e. The van der Waals surface area contributed by atoms with Crippen LogP contribution in [0.5, 0.6) is 11.5 Å². The summed E-state index contributed by atoms with van der Waals surface area (Å²) >= 11 is 5.98. The lowest BCUT2D eigenvalue weighted by Crippen LogP contribution is -2.51. The molecule has 3 N–H and O–H groups in total. The Morgan fingerprint density at radius 2 is 1.81 bits per heavy atom. The lowest BCUT2D eigenvalue weighted by atomic mass is 9.83. The lowest BCUT2D eigenvalue weighted by molar-refractivity contribution is -0.142. The molecular weight excluding hydrogens is 430 g/mol. The van der Waals surface area contributed by atoms with Gasteiger partial charge in [0.25, 0.3) is 0 Å². The van der Waals surface area contributed by atoms with Gasteiger partial charge in [-0.3, -0.25) is 14.8 Å². The molecule has 0 aliphatic carbocycles. The van der Waals surface area contributed by atoms with E-state index in [2.05, 4.69) is 31.0 Å². The molecule has 8 heteroatoms. The van der Waals surface area contributed by atoms with Crippen LogP contribution in [0.2, 0.25) is 5.02 Å². The first-order valence-electron chi connectivity index (χ1n) is 10.7. The molecule has 0 aromatic heterocycles. The predicted octanol–water partition coefficient (Wildman–Crippen LogP) is 4.56. The Kier molecular flexibility index (Phi) is 7.77. The minimum absolute atomic E-state index is 0.0736. The average molecular weight is 460 g/mol. The Balaban J connectivity index is 1.64. The van der Waals surface area contributed by atoms with Crippen LogP contribution < -0.4 is 15.5 Å². The number of hydroxylamine groups is 1. The maximum atomic E-state index is 13.0. The number of rotatable bonds is 6. The number of nitrogens with zero attached hydrogens (tertiary/aromatic N) is 1. The van der Waals surface area contributed by atoms with Gasteiger partial charge in [-0.2, -0.15) is 0 Å². The summed E-state index contributed by atoms with van der Waals surface area (Å²) in [6.45, 7) is 8.35. The number of ether oxygens (including phenoxy) is 1. The van der Waals surface area contributed by atoms with Crippen LogP contribution in [-0.4, -0.2) is 41.6 Å². The molecule has 0 saturated carbocycles. The molecule has 1 unspecified atom stereocenters. The number of hydrogen-bond acceptors (Lipinski definition) is 5. The number of amides is 2. The molecule has 3 rings (SSSR count). The molecule has 0 spiro atoms. The summed E-state index contributed by atoms with van der Waals surface area (Å²) in [7, 11) is 0. The summed E-state index contributed by atoms with van der Waals surface area (Å²) in [5.74, 6) is -0.693. The highest BCUT2D eigenvalue weighted by Gasteiger charge is 2.39. The molecule has 2 amide bonds. The number of carbonyl (C=O) groups excluding carboxylic acids is 2. The van der Waals surface area contributed by atoms with Gasteiger partial charge in [-0.1, -0.05) is 38.4 Å². The number of piperidine rings is 1. The smallest absolute Gasteiger partial charge is 0.248 e. The molecule has 7 nitrogen and oxygen atoms in total. The first-order chi connectivity index (χ1) is 15.1. The predicted molar refractivity (Wildman–Crippen MR) is 124 cm³/mol. The van der Waals surface area contributed by atoms with Crippen molar-refractivity contribution in [2.45, 2.75) is 27.2 Å². The summed E-state index contributed by atoms with van der Waals surface area (Å²) in [5.41, 5.74) is 2.41. The second kappa shape index (κ2) is 10.3. The number of carbonyl (C=O) groups is 2. The highest BCUT2D eigenvalue weighted by atomic mass is 35.5. The minimum Gasteiger partial charge on any atom is -0.457 e. The minimum atomic E-state index is -0.624. The van der Waals surface area contributed by atoms with Crippen molar-refractivity contribution in [3.63, 3.8) is 0 Å². The van der Waals surface area contributed by atoms with Crippen LogP contribution in [0.15, 0.2) is 48.5 Å². The van der Waals surface area contributed by atoms with E-state index in [1.807, 2.05) is 0 Å². The molecule has 2 atom stereocenters. The van der Waals surface area contributed by atoms with Crippen LogP contribution in [0, 0.1) is 17.3 Å². The summed E-state index contributed by atoms with van der Waals surface area (Å²) < 4.78 is 5.77. The average Bonchev–Trinajstić information content (AvgIpc) is 2.73. The quantitative estimate of drug-likeness (QED) is 0.435. The number of likely N-dealkylation sites (tertiary alicyclic amines) is 1. The van der Waals surface area contributed by atoms with Gasteiger partial charge in [0.2, 0.25) is 11.8 Å². The molecule has 2 aromatic rings. The highest BCUT2D eigenvalue weighted by molar-refractivity contribution is 6.30. The molecule has 2 aromatic carbocycles. The molecule has 172 valence electrons. The Morgan fingerprint density at radius 3 is 2.44 bits per heavy atom. The van der Waals surface area contributed by atoms with Crippen molar-refractivity contribution in [1.29, 1.82) is 0 Å². The van der Waals surface area contributed by atoms with Crippen molar-refractivity contribution in [2.24, 2.45) is 17.3 Å². The Bertz CT molecular complexity index is 943. The molecular formula is C24H30ClN3O4. The molecule has 0 bridgehead atoms. The first-order valence-corrected chi connectivity index (χ1v) is 11.0. The van der Waals surface area contributed by atoms with E-state index in [4.69, 9.17) is 16.3 Å². The van der Waals surface area contributed by atoms with Gasteiger partial charge < -0.3 is 15.0 Å². The summed E-state index contributed by atoms with van der Waals surface area (Å²) in [6.07, 6.45) is 0.538. The molecule has 1 aliphatic heterocycles. The van der Waals surface area contributed by atoms with Crippen LogP contribution in [0.3, 0.4) is 0 Å². The van der Waals surface area contributed by atoms with E-state index in [1.165, 1.54) is 0 Å². The third-order valence-corrected chi connectivity index (χ3v) is 5.57. The van der Waals surface area contributed by atoms with E-state index >= 15 is 0 Å². The lowest BCUT2D eigenvalue weighted by Gasteiger charge is -2.39. The maximum absolute atomic E-state index is 13.0. The van der Waals surface area contributed by atoms with Gasteiger partial charge in [-0.05, 0) is 60.8 Å². The van der Waals surface area contributed by atoms with Crippen LogP contribution in [0.1, 0.15) is 27.2 Å². The van der Waals surface area contributed by atoms with Crippen molar-refractivity contribution >= 4 is 29.1 Å². The third kappa shape index (κ3) is 6.69. The molecule has 1 aliphatic rings. The second-order valence-electron chi connectivity index (χ2n) is 9.35. The van der Waals surface area contributed by atoms with E-state index in [0.717, 1.165) is 13.1 Å².